The van der Waals surface area contributed by atoms with Gasteiger partial charge in [0, 0.05) is 12.6 Å². The van der Waals surface area contributed by atoms with Crippen molar-refractivity contribution >= 4 is 24.8 Å². The lowest BCUT2D eigenvalue weighted by molar-refractivity contribution is 0.167. The summed E-state index contributed by atoms with van der Waals surface area (Å²) in [4.78, 5) is 2.64. The first kappa shape index (κ1) is 25.7. The van der Waals surface area contributed by atoms with E-state index >= 15 is 0 Å². The molecule has 0 aromatic heterocycles. The van der Waals surface area contributed by atoms with Crippen LogP contribution in [0, 0.1) is 5.92 Å². The fourth-order valence-electron chi connectivity index (χ4n) is 3.25. The average molecular weight is 381 g/mol. The van der Waals surface area contributed by atoms with Crippen LogP contribution < -0.4 is 10.1 Å². The van der Waals surface area contributed by atoms with E-state index in [1.165, 1.54) is 38.0 Å². The highest BCUT2D eigenvalue weighted by molar-refractivity contribution is 5.85. The molecule has 1 fully saturated rings. The van der Waals surface area contributed by atoms with Gasteiger partial charge in [0.15, 0.2) is 0 Å². The number of piperidine rings is 1. The molecule has 24 heavy (non-hydrogen) atoms. The van der Waals surface area contributed by atoms with Crippen LogP contribution in [0.15, 0.2) is 24.3 Å². The van der Waals surface area contributed by atoms with E-state index in [1.807, 2.05) is 0 Å². The van der Waals surface area contributed by atoms with E-state index in [9.17, 15) is 0 Å². The fraction of sp³-hybridized carbons (Fsp3) is 0.667. The Bertz CT molecular complexity index is 412. The second-order valence-corrected chi connectivity index (χ2v) is 6.18. The number of nitrogens with one attached hydrogen (secondary N) is 1. The minimum Gasteiger partial charge on any atom is -0.497 e. The lowest BCUT2D eigenvalue weighted by Crippen LogP contribution is -2.41. The van der Waals surface area contributed by atoms with Crippen LogP contribution in [0.4, 0.5) is 0 Å². The van der Waals surface area contributed by atoms with E-state index in [-0.39, 0.29) is 30.3 Å². The van der Waals surface area contributed by atoms with Crippen molar-refractivity contribution < 1.29 is 10.2 Å². The molecule has 1 aliphatic rings. The average Bonchev–Trinajstić information content (AvgIpc) is 2.54. The summed E-state index contributed by atoms with van der Waals surface area (Å²) in [7, 11) is 1.72. The zero-order chi connectivity index (χ0) is 15.1. The van der Waals surface area contributed by atoms with Gasteiger partial charge < -0.3 is 20.4 Å². The third kappa shape index (κ3) is 8.04. The molecule has 3 N–H and O–H groups in total. The van der Waals surface area contributed by atoms with Crippen molar-refractivity contribution in [3.8, 4) is 5.75 Å². The topological polar surface area (TPSA) is 56.0 Å². The van der Waals surface area contributed by atoms with Crippen LogP contribution in [-0.4, -0.2) is 49.7 Å². The first-order valence-electron chi connectivity index (χ1n) is 8.30. The van der Waals surface area contributed by atoms with Crippen molar-refractivity contribution in [3.63, 3.8) is 0 Å². The summed E-state index contributed by atoms with van der Waals surface area (Å²) in [6.45, 7) is 9.40. The summed E-state index contributed by atoms with van der Waals surface area (Å²) in [6, 6.07) is 9.09. The Kier molecular flexibility index (Phi) is 14.7. The quantitative estimate of drug-likeness (QED) is 0.790. The molecule has 142 valence electrons. The molecule has 0 saturated carbocycles. The molecule has 1 saturated heterocycles. The summed E-state index contributed by atoms with van der Waals surface area (Å²) >= 11 is 0. The molecule has 1 atom stereocenters. The second kappa shape index (κ2) is 13.7. The molecular formula is C18H34Cl2N2O2. The second-order valence-electron chi connectivity index (χ2n) is 6.18. The molecule has 1 aromatic carbocycles. The number of rotatable bonds is 7. The Balaban J connectivity index is 0. The highest BCUT2D eigenvalue weighted by atomic mass is 35.5. The zero-order valence-corrected chi connectivity index (χ0v) is 16.7. The molecule has 0 radical (unpaired) electrons. The lowest BCUT2D eigenvalue weighted by atomic mass is 9.96. The summed E-state index contributed by atoms with van der Waals surface area (Å²) < 4.78 is 5.23. The van der Waals surface area contributed by atoms with Gasteiger partial charge in [-0.1, -0.05) is 19.1 Å². The minimum atomic E-state index is 0. The molecule has 0 aliphatic carbocycles. The predicted molar refractivity (Wildman–Crippen MR) is 107 cm³/mol. The van der Waals surface area contributed by atoms with E-state index in [0.29, 0.717) is 6.04 Å². The number of hydrogen-bond acceptors (Lipinski definition) is 3. The number of halogens is 2. The van der Waals surface area contributed by atoms with Crippen LogP contribution in [0.3, 0.4) is 0 Å². The van der Waals surface area contributed by atoms with Crippen LogP contribution in [-0.2, 0) is 6.42 Å². The number of methoxy groups -OCH3 is 1. The van der Waals surface area contributed by atoms with Crippen molar-refractivity contribution in [3.05, 3.63) is 29.8 Å². The van der Waals surface area contributed by atoms with Crippen LogP contribution in [0.1, 0.15) is 32.3 Å². The minimum absolute atomic E-state index is 0. The first-order valence-corrected chi connectivity index (χ1v) is 8.30. The predicted octanol–water partition coefficient (Wildman–Crippen LogP) is 2.97. The van der Waals surface area contributed by atoms with E-state index in [1.54, 1.807) is 7.11 Å². The van der Waals surface area contributed by atoms with E-state index < -0.39 is 0 Å². The van der Waals surface area contributed by atoms with E-state index in [4.69, 9.17) is 4.74 Å². The smallest absolute Gasteiger partial charge is 0.118 e. The zero-order valence-electron chi connectivity index (χ0n) is 15.1. The molecular weight excluding hydrogens is 347 g/mol. The lowest BCUT2D eigenvalue weighted by Gasteiger charge is -2.33. The third-order valence-corrected chi connectivity index (χ3v) is 4.67. The normalized spacial score (nSPS) is 15.7. The highest BCUT2D eigenvalue weighted by Gasteiger charge is 2.19. The van der Waals surface area contributed by atoms with Crippen LogP contribution in [0.5, 0.6) is 5.75 Å². The maximum Gasteiger partial charge on any atom is 0.118 e. The monoisotopic (exact) mass is 380 g/mol. The Morgan fingerprint density at radius 3 is 2.25 bits per heavy atom. The first-order chi connectivity index (χ1) is 10.2. The third-order valence-electron chi connectivity index (χ3n) is 4.67. The van der Waals surface area contributed by atoms with E-state index in [2.05, 4.69) is 48.3 Å². The molecule has 0 bridgehead atoms. The Morgan fingerprint density at radius 1 is 1.17 bits per heavy atom. The summed E-state index contributed by atoms with van der Waals surface area (Å²) in [6.07, 6.45) is 3.76. The Labute approximate surface area is 159 Å². The van der Waals surface area contributed by atoms with Crippen molar-refractivity contribution in [2.24, 2.45) is 5.92 Å². The van der Waals surface area contributed by atoms with Gasteiger partial charge in [0.2, 0.25) is 0 Å². The van der Waals surface area contributed by atoms with Gasteiger partial charge in [-0.05, 0) is 69.4 Å². The van der Waals surface area contributed by atoms with Gasteiger partial charge in [-0.15, -0.1) is 24.8 Å². The van der Waals surface area contributed by atoms with Crippen LogP contribution in [0.2, 0.25) is 0 Å². The van der Waals surface area contributed by atoms with Gasteiger partial charge in [-0.2, -0.15) is 0 Å². The molecule has 2 rings (SSSR count). The van der Waals surface area contributed by atoms with Gasteiger partial charge in [-0.3, -0.25) is 0 Å². The van der Waals surface area contributed by atoms with Gasteiger partial charge in [0.05, 0.1) is 7.11 Å². The molecule has 4 nitrogen and oxygen atoms in total. The standard InChI is InChI=1S/C18H30N2O.2ClH.H2O/c1-4-20(14-17-9-11-19-12-10-17)15(2)13-16-5-7-18(21-3)8-6-16;;;/h5-8,15,17,19H,4,9-14H2,1-3H3;2*1H;1H2. The molecule has 1 unspecified atom stereocenters. The summed E-state index contributed by atoms with van der Waals surface area (Å²) in [5.74, 6) is 1.80. The molecule has 0 spiro atoms. The van der Waals surface area contributed by atoms with Crippen molar-refractivity contribution in [1.29, 1.82) is 0 Å². The summed E-state index contributed by atoms with van der Waals surface area (Å²) in [5, 5.41) is 3.46. The van der Waals surface area contributed by atoms with Gasteiger partial charge >= 0.3 is 0 Å². The molecule has 6 heteroatoms. The Hall–Kier alpha value is -0.520. The number of ether oxygens (including phenoxy) is 1. The molecule has 1 aliphatic heterocycles. The fourth-order valence-corrected chi connectivity index (χ4v) is 3.25. The van der Waals surface area contributed by atoms with Crippen molar-refractivity contribution in [2.75, 3.05) is 33.3 Å². The van der Waals surface area contributed by atoms with Gasteiger partial charge in [0.1, 0.15) is 5.75 Å². The molecule has 1 aromatic rings. The number of likely N-dealkylation sites (N-methyl/N-ethyl adjacent to an activating group) is 1. The molecule has 0 amide bonds. The maximum absolute atomic E-state index is 5.23. The summed E-state index contributed by atoms with van der Waals surface area (Å²) in [5.41, 5.74) is 1.40. The van der Waals surface area contributed by atoms with Crippen molar-refractivity contribution in [1.82, 2.24) is 10.2 Å². The number of hydrogen-bond donors (Lipinski definition) is 1. The SMILES string of the molecule is CCN(CC1CCNCC1)C(C)Cc1ccc(OC)cc1.Cl.Cl.O. The maximum atomic E-state index is 5.23. The molecule has 1 heterocycles. The van der Waals surface area contributed by atoms with Gasteiger partial charge in [0.25, 0.3) is 0 Å². The van der Waals surface area contributed by atoms with Crippen LogP contribution >= 0.6 is 24.8 Å². The van der Waals surface area contributed by atoms with E-state index in [0.717, 1.165) is 24.6 Å². The van der Waals surface area contributed by atoms with Crippen molar-refractivity contribution in [2.45, 2.75) is 39.2 Å². The largest absolute Gasteiger partial charge is 0.497 e. The highest BCUT2D eigenvalue weighted by Crippen LogP contribution is 2.18. The number of nitrogens with zero attached hydrogens (tertiary/aromatic N) is 1. The Morgan fingerprint density at radius 2 is 1.75 bits per heavy atom. The number of benzene rings is 1. The van der Waals surface area contributed by atoms with Gasteiger partial charge in [-0.25, -0.2) is 0 Å². The van der Waals surface area contributed by atoms with Crippen LogP contribution in [0.25, 0.3) is 0 Å².